The quantitative estimate of drug-likeness (QED) is 0.578. The second-order valence-electron chi connectivity index (χ2n) is 2.16. The Morgan fingerprint density at radius 3 is 2.36 bits per heavy atom. The molecule has 1 atom stereocenters. The molecule has 0 aromatic carbocycles. The van der Waals surface area contributed by atoms with Gasteiger partial charge < -0.3 is 10.1 Å². The number of hydrogen-bond acceptors (Lipinski definition) is 3. The fraction of sp³-hybridized carbons (Fsp3) is 0.800. The molecule has 1 saturated heterocycles. The average molecular weight is 169 g/mol. The van der Waals surface area contributed by atoms with E-state index in [2.05, 4.69) is 10.1 Å². The highest BCUT2D eigenvalue weighted by atomic mass is 19.4. The lowest BCUT2D eigenvalue weighted by Gasteiger charge is -2.25. The van der Waals surface area contributed by atoms with Gasteiger partial charge in [0, 0.05) is 0 Å². The normalized spacial score (nSPS) is 24.1. The first-order chi connectivity index (χ1) is 4.99. The molecule has 0 aromatic heterocycles. The van der Waals surface area contributed by atoms with Gasteiger partial charge in [-0.3, -0.25) is 4.79 Å². The topological polar surface area (TPSA) is 38.3 Å². The van der Waals surface area contributed by atoms with Gasteiger partial charge in [0.05, 0.1) is 0 Å². The Hall–Kier alpha value is -0.780. The van der Waals surface area contributed by atoms with E-state index in [4.69, 9.17) is 0 Å². The Labute approximate surface area is 60.5 Å². The number of rotatable bonds is 1. The lowest BCUT2D eigenvalue weighted by atomic mass is 10.1. The van der Waals surface area contributed by atoms with E-state index < -0.39 is 18.4 Å². The van der Waals surface area contributed by atoms with E-state index in [1.54, 1.807) is 0 Å². The van der Waals surface area contributed by atoms with Crippen LogP contribution in [-0.2, 0) is 9.53 Å². The molecule has 1 unspecified atom stereocenters. The van der Waals surface area contributed by atoms with Crippen LogP contribution in [0.5, 0.6) is 0 Å². The summed E-state index contributed by atoms with van der Waals surface area (Å²) in [6.45, 7) is 0.567. The van der Waals surface area contributed by atoms with E-state index in [0.29, 0.717) is 13.0 Å². The monoisotopic (exact) mass is 169 g/mol. The SMILES string of the molecule is O=C(OC(F)(F)F)C1CCN1. The minimum absolute atomic E-state index is 0.412. The summed E-state index contributed by atoms with van der Waals surface area (Å²) in [5, 5.41) is 2.49. The summed E-state index contributed by atoms with van der Waals surface area (Å²) in [4.78, 5) is 10.4. The maximum Gasteiger partial charge on any atom is 0.575 e. The second-order valence-corrected chi connectivity index (χ2v) is 2.16. The third-order valence-electron chi connectivity index (χ3n) is 1.32. The van der Waals surface area contributed by atoms with Gasteiger partial charge in [-0.25, -0.2) is 0 Å². The Morgan fingerprint density at radius 1 is 1.55 bits per heavy atom. The molecule has 0 radical (unpaired) electrons. The molecule has 1 rings (SSSR count). The van der Waals surface area contributed by atoms with Crippen molar-refractivity contribution in [1.82, 2.24) is 5.32 Å². The number of esters is 1. The zero-order valence-corrected chi connectivity index (χ0v) is 5.44. The predicted octanol–water partition coefficient (Wildman–Crippen LogP) is 0.411. The van der Waals surface area contributed by atoms with E-state index in [-0.39, 0.29) is 0 Å². The van der Waals surface area contributed by atoms with Crippen LogP contribution in [0.3, 0.4) is 0 Å². The standard InChI is InChI=1S/C5H6F3NO2/c6-5(7,8)11-4(10)3-1-2-9-3/h3,9H,1-2H2. The number of ether oxygens (including phenoxy) is 1. The summed E-state index contributed by atoms with van der Waals surface area (Å²) in [6.07, 6.45) is -4.44. The maximum atomic E-state index is 11.4. The molecular weight excluding hydrogens is 163 g/mol. The van der Waals surface area contributed by atoms with Gasteiger partial charge in [-0.05, 0) is 13.0 Å². The highest BCUT2D eigenvalue weighted by Gasteiger charge is 2.38. The summed E-state index contributed by atoms with van der Waals surface area (Å²) < 4.78 is 37.2. The fourth-order valence-electron chi connectivity index (χ4n) is 0.675. The zero-order chi connectivity index (χ0) is 8.48. The van der Waals surface area contributed by atoms with Crippen LogP contribution in [0.4, 0.5) is 13.2 Å². The van der Waals surface area contributed by atoms with Crippen molar-refractivity contribution >= 4 is 5.97 Å². The van der Waals surface area contributed by atoms with Crippen LogP contribution in [0.1, 0.15) is 6.42 Å². The van der Waals surface area contributed by atoms with Gasteiger partial charge in [0.25, 0.3) is 0 Å². The molecule has 1 heterocycles. The minimum Gasteiger partial charge on any atom is -0.372 e. The summed E-state index contributed by atoms with van der Waals surface area (Å²) >= 11 is 0. The largest absolute Gasteiger partial charge is 0.575 e. The van der Waals surface area contributed by atoms with Gasteiger partial charge in [-0.1, -0.05) is 0 Å². The van der Waals surface area contributed by atoms with Gasteiger partial charge in [-0.2, -0.15) is 0 Å². The number of halogens is 3. The molecule has 0 bridgehead atoms. The van der Waals surface area contributed by atoms with E-state index in [9.17, 15) is 18.0 Å². The molecule has 0 spiro atoms. The molecule has 6 heteroatoms. The van der Waals surface area contributed by atoms with E-state index in [1.807, 2.05) is 0 Å². The van der Waals surface area contributed by atoms with Gasteiger partial charge in [0.2, 0.25) is 0 Å². The molecule has 0 saturated carbocycles. The predicted molar refractivity (Wildman–Crippen MR) is 28.6 cm³/mol. The molecular formula is C5H6F3NO2. The van der Waals surface area contributed by atoms with Gasteiger partial charge in [0.1, 0.15) is 6.04 Å². The first kappa shape index (κ1) is 8.32. The number of alkyl halides is 3. The summed E-state index contributed by atoms with van der Waals surface area (Å²) in [7, 11) is 0. The van der Waals surface area contributed by atoms with Crippen LogP contribution >= 0.6 is 0 Å². The Bertz CT molecular complexity index is 164. The molecule has 0 aromatic rings. The highest BCUT2D eigenvalue weighted by Crippen LogP contribution is 2.18. The first-order valence-electron chi connectivity index (χ1n) is 3.02. The van der Waals surface area contributed by atoms with E-state index >= 15 is 0 Å². The van der Waals surface area contributed by atoms with Gasteiger partial charge in [-0.15, -0.1) is 13.2 Å². The molecule has 1 fully saturated rings. The van der Waals surface area contributed by atoms with E-state index in [0.717, 1.165) is 0 Å². The van der Waals surface area contributed by atoms with Crippen molar-refractivity contribution in [2.45, 2.75) is 18.8 Å². The Morgan fingerprint density at radius 2 is 2.09 bits per heavy atom. The number of carbonyl (C=O) groups excluding carboxylic acids is 1. The van der Waals surface area contributed by atoms with Crippen molar-refractivity contribution in [2.75, 3.05) is 6.54 Å². The lowest BCUT2D eigenvalue weighted by Crippen LogP contribution is -2.50. The van der Waals surface area contributed by atoms with Crippen molar-refractivity contribution < 1.29 is 22.7 Å². The van der Waals surface area contributed by atoms with Crippen LogP contribution in [0, 0.1) is 0 Å². The molecule has 64 valence electrons. The molecule has 1 aliphatic heterocycles. The molecule has 1 aliphatic rings. The molecule has 0 aliphatic carbocycles. The highest BCUT2D eigenvalue weighted by molar-refractivity contribution is 5.76. The van der Waals surface area contributed by atoms with Crippen molar-refractivity contribution in [1.29, 1.82) is 0 Å². The van der Waals surface area contributed by atoms with Crippen LogP contribution in [0.25, 0.3) is 0 Å². The smallest absolute Gasteiger partial charge is 0.372 e. The van der Waals surface area contributed by atoms with Crippen molar-refractivity contribution in [3.05, 3.63) is 0 Å². The van der Waals surface area contributed by atoms with Crippen LogP contribution in [-0.4, -0.2) is 24.9 Å². The summed E-state index contributed by atoms with van der Waals surface area (Å²) in [5.74, 6) is -1.25. The van der Waals surface area contributed by atoms with Crippen molar-refractivity contribution in [2.24, 2.45) is 0 Å². The molecule has 1 N–H and O–H groups in total. The first-order valence-corrected chi connectivity index (χ1v) is 3.02. The molecule has 11 heavy (non-hydrogen) atoms. The Balaban J connectivity index is 2.31. The minimum atomic E-state index is -4.85. The number of nitrogens with one attached hydrogen (secondary N) is 1. The third kappa shape index (κ3) is 2.38. The molecule has 0 amide bonds. The van der Waals surface area contributed by atoms with Crippen molar-refractivity contribution in [3.8, 4) is 0 Å². The molecule has 3 nitrogen and oxygen atoms in total. The lowest BCUT2D eigenvalue weighted by molar-refractivity contribution is -0.307. The van der Waals surface area contributed by atoms with Gasteiger partial charge in [0.15, 0.2) is 0 Å². The van der Waals surface area contributed by atoms with E-state index in [1.165, 1.54) is 0 Å². The number of carbonyl (C=O) groups is 1. The van der Waals surface area contributed by atoms with Crippen molar-refractivity contribution in [3.63, 3.8) is 0 Å². The van der Waals surface area contributed by atoms with Crippen LogP contribution in [0.15, 0.2) is 0 Å². The second kappa shape index (κ2) is 2.69. The van der Waals surface area contributed by atoms with Gasteiger partial charge >= 0.3 is 12.3 Å². The Kier molecular flexibility index (Phi) is 2.03. The van der Waals surface area contributed by atoms with Crippen LogP contribution in [0.2, 0.25) is 0 Å². The fourth-order valence-corrected chi connectivity index (χ4v) is 0.675. The zero-order valence-electron chi connectivity index (χ0n) is 5.44. The summed E-state index contributed by atoms with van der Waals surface area (Å²) in [6, 6.07) is -0.767. The summed E-state index contributed by atoms with van der Waals surface area (Å²) in [5.41, 5.74) is 0. The van der Waals surface area contributed by atoms with Crippen LogP contribution < -0.4 is 5.32 Å². The maximum absolute atomic E-state index is 11.4. The third-order valence-corrected chi connectivity index (χ3v) is 1.32. The number of hydrogen-bond donors (Lipinski definition) is 1. The average Bonchev–Trinajstić information content (AvgIpc) is 1.50.